The van der Waals surface area contributed by atoms with Crippen LogP contribution >= 0.6 is 23.4 Å². The number of aromatic nitrogens is 2. The highest BCUT2D eigenvalue weighted by Crippen LogP contribution is 2.17. The molecule has 0 bridgehead atoms. The molecule has 2 aromatic heterocycles. The highest BCUT2D eigenvalue weighted by Gasteiger charge is 2.19. The standard InChI is InChI=1S/C15H16ClN3O3S/c1-4-22-14(21)10-8-19(15(17-3)23-5-2)13-9(12(10)20)6-7-11(16)18-13/h6-8H,4-5H2,1-3H3/b17-15-. The van der Waals surface area contributed by atoms with Crippen molar-refractivity contribution in [2.45, 2.75) is 13.8 Å². The van der Waals surface area contributed by atoms with Crippen molar-refractivity contribution < 1.29 is 9.53 Å². The first-order chi connectivity index (χ1) is 11.0. The van der Waals surface area contributed by atoms with E-state index in [4.69, 9.17) is 16.3 Å². The molecule has 0 saturated heterocycles. The number of nitrogens with zero attached hydrogens (tertiary/aromatic N) is 3. The summed E-state index contributed by atoms with van der Waals surface area (Å²) in [6.45, 7) is 3.85. The number of carbonyl (C=O) groups excluding carboxylic acids is 1. The number of carbonyl (C=O) groups is 1. The van der Waals surface area contributed by atoms with Crippen molar-refractivity contribution in [1.29, 1.82) is 0 Å². The van der Waals surface area contributed by atoms with Crippen LogP contribution in [0.3, 0.4) is 0 Å². The largest absolute Gasteiger partial charge is 0.462 e. The maximum atomic E-state index is 12.5. The van der Waals surface area contributed by atoms with E-state index < -0.39 is 11.4 Å². The number of fused-ring (bicyclic) bond motifs is 1. The van der Waals surface area contributed by atoms with Crippen LogP contribution in [-0.2, 0) is 4.74 Å². The average Bonchev–Trinajstić information content (AvgIpc) is 2.53. The summed E-state index contributed by atoms with van der Waals surface area (Å²) in [5.41, 5.74) is -0.130. The summed E-state index contributed by atoms with van der Waals surface area (Å²) in [4.78, 5) is 33.0. The van der Waals surface area contributed by atoms with Crippen molar-refractivity contribution in [3.63, 3.8) is 0 Å². The predicted molar refractivity (Wildman–Crippen MR) is 93.9 cm³/mol. The Balaban J connectivity index is 2.82. The minimum atomic E-state index is -0.667. The van der Waals surface area contributed by atoms with E-state index in [9.17, 15) is 9.59 Å². The second-order valence-electron chi connectivity index (χ2n) is 4.41. The van der Waals surface area contributed by atoms with Crippen molar-refractivity contribution >= 4 is 45.5 Å². The first-order valence-electron chi connectivity index (χ1n) is 7.02. The van der Waals surface area contributed by atoms with Crippen LogP contribution in [0, 0.1) is 0 Å². The van der Waals surface area contributed by atoms with Crippen LogP contribution < -0.4 is 5.43 Å². The fourth-order valence-electron chi connectivity index (χ4n) is 2.05. The zero-order chi connectivity index (χ0) is 17.0. The molecule has 0 atom stereocenters. The van der Waals surface area contributed by atoms with Crippen molar-refractivity contribution in [2.75, 3.05) is 19.4 Å². The van der Waals surface area contributed by atoms with Crippen LogP contribution in [0.5, 0.6) is 0 Å². The molecule has 0 aliphatic heterocycles. The minimum Gasteiger partial charge on any atom is -0.462 e. The molecular formula is C15H16ClN3O3S. The number of esters is 1. The van der Waals surface area contributed by atoms with Gasteiger partial charge in [0.05, 0.1) is 12.0 Å². The quantitative estimate of drug-likeness (QED) is 0.367. The van der Waals surface area contributed by atoms with Crippen LogP contribution in [-0.4, -0.2) is 40.1 Å². The molecule has 2 rings (SSSR count). The van der Waals surface area contributed by atoms with Gasteiger partial charge in [0, 0.05) is 13.2 Å². The Labute approximate surface area is 142 Å². The molecule has 23 heavy (non-hydrogen) atoms. The lowest BCUT2D eigenvalue weighted by molar-refractivity contribution is 0.0524. The van der Waals surface area contributed by atoms with E-state index in [1.54, 1.807) is 24.6 Å². The van der Waals surface area contributed by atoms with Gasteiger partial charge >= 0.3 is 5.97 Å². The number of aliphatic imine (C=N–C) groups is 1. The molecule has 122 valence electrons. The molecule has 8 heteroatoms. The summed E-state index contributed by atoms with van der Waals surface area (Å²) in [6.07, 6.45) is 1.41. The third kappa shape index (κ3) is 3.56. The molecule has 0 amide bonds. The van der Waals surface area contributed by atoms with Crippen LogP contribution in [0.2, 0.25) is 5.15 Å². The molecule has 2 aromatic rings. The Morgan fingerprint density at radius 3 is 2.78 bits per heavy atom. The van der Waals surface area contributed by atoms with E-state index in [0.717, 1.165) is 5.75 Å². The number of rotatable bonds is 3. The Morgan fingerprint density at radius 1 is 1.43 bits per heavy atom. The van der Waals surface area contributed by atoms with Crippen molar-refractivity contribution in [3.05, 3.63) is 39.3 Å². The molecule has 6 nitrogen and oxygen atoms in total. The van der Waals surface area contributed by atoms with Gasteiger partial charge in [0.2, 0.25) is 5.43 Å². The zero-order valence-electron chi connectivity index (χ0n) is 13.0. The topological polar surface area (TPSA) is 73.6 Å². The van der Waals surface area contributed by atoms with E-state index in [1.165, 1.54) is 24.0 Å². The van der Waals surface area contributed by atoms with E-state index in [2.05, 4.69) is 9.98 Å². The van der Waals surface area contributed by atoms with Crippen molar-refractivity contribution in [3.8, 4) is 0 Å². The Bertz CT molecular complexity index is 833. The molecule has 2 heterocycles. The lowest BCUT2D eigenvalue weighted by atomic mass is 10.2. The molecule has 0 fully saturated rings. The molecule has 0 N–H and O–H groups in total. The van der Waals surface area contributed by atoms with Gasteiger partial charge in [-0.05, 0) is 24.8 Å². The van der Waals surface area contributed by atoms with Crippen LogP contribution in [0.1, 0.15) is 24.2 Å². The van der Waals surface area contributed by atoms with Gasteiger partial charge in [0.1, 0.15) is 10.7 Å². The smallest absolute Gasteiger partial charge is 0.343 e. The number of pyridine rings is 2. The van der Waals surface area contributed by atoms with Crippen LogP contribution in [0.15, 0.2) is 28.1 Å². The molecule has 0 unspecified atom stereocenters. The van der Waals surface area contributed by atoms with E-state index >= 15 is 0 Å². The molecule has 0 spiro atoms. The highest BCUT2D eigenvalue weighted by atomic mass is 35.5. The lowest BCUT2D eigenvalue weighted by Crippen LogP contribution is -2.23. The van der Waals surface area contributed by atoms with Gasteiger partial charge in [0.25, 0.3) is 0 Å². The lowest BCUT2D eigenvalue weighted by Gasteiger charge is -2.13. The highest BCUT2D eigenvalue weighted by molar-refractivity contribution is 8.13. The molecule has 0 aliphatic carbocycles. The third-order valence-electron chi connectivity index (χ3n) is 2.98. The number of hydrogen-bond acceptors (Lipinski definition) is 6. The number of thioether (sulfide) groups is 1. The molecule has 0 aliphatic rings. The van der Waals surface area contributed by atoms with Crippen LogP contribution in [0.25, 0.3) is 11.0 Å². The van der Waals surface area contributed by atoms with E-state index in [0.29, 0.717) is 10.8 Å². The maximum Gasteiger partial charge on any atom is 0.343 e. The Morgan fingerprint density at radius 2 is 2.17 bits per heavy atom. The van der Waals surface area contributed by atoms with Gasteiger partial charge in [-0.3, -0.25) is 14.4 Å². The van der Waals surface area contributed by atoms with Gasteiger partial charge in [-0.1, -0.05) is 30.3 Å². The number of halogens is 1. The first kappa shape index (κ1) is 17.5. The fourth-order valence-corrected chi connectivity index (χ4v) is 2.86. The monoisotopic (exact) mass is 353 g/mol. The van der Waals surface area contributed by atoms with Gasteiger partial charge in [-0.15, -0.1) is 0 Å². The van der Waals surface area contributed by atoms with Crippen molar-refractivity contribution in [2.24, 2.45) is 4.99 Å². The molecule has 0 radical (unpaired) electrons. The van der Waals surface area contributed by atoms with E-state index in [-0.39, 0.29) is 22.7 Å². The summed E-state index contributed by atoms with van der Waals surface area (Å²) >= 11 is 7.42. The summed E-state index contributed by atoms with van der Waals surface area (Å²) in [5, 5.41) is 1.15. The summed E-state index contributed by atoms with van der Waals surface area (Å²) in [7, 11) is 1.64. The molecule has 0 aromatic carbocycles. The second-order valence-corrected chi connectivity index (χ2v) is 6.03. The summed E-state index contributed by atoms with van der Waals surface area (Å²) < 4.78 is 6.56. The van der Waals surface area contributed by atoms with Gasteiger partial charge in [0.15, 0.2) is 10.8 Å². The normalized spacial score (nSPS) is 11.7. The third-order valence-corrected chi connectivity index (χ3v) is 4.12. The van der Waals surface area contributed by atoms with Gasteiger partial charge in [-0.2, -0.15) is 0 Å². The van der Waals surface area contributed by atoms with Gasteiger partial charge < -0.3 is 4.74 Å². The van der Waals surface area contributed by atoms with Crippen LogP contribution in [0.4, 0.5) is 0 Å². The average molecular weight is 354 g/mol. The Hall–Kier alpha value is -1.86. The van der Waals surface area contributed by atoms with Gasteiger partial charge in [-0.25, -0.2) is 9.78 Å². The Kier molecular flexibility index (Phi) is 5.79. The van der Waals surface area contributed by atoms with E-state index in [1.807, 2.05) is 6.92 Å². The summed E-state index contributed by atoms with van der Waals surface area (Å²) in [5.74, 6) is 0.107. The minimum absolute atomic E-state index is 0.0543. The number of ether oxygens (including phenoxy) is 1. The predicted octanol–water partition coefficient (Wildman–Crippen LogP) is 2.81. The SMILES string of the molecule is CCOC(=O)c1cn(/C(=N/C)SCC)c2nc(Cl)ccc2c1=O. The van der Waals surface area contributed by atoms with Crippen molar-refractivity contribution in [1.82, 2.24) is 9.55 Å². The summed E-state index contributed by atoms with van der Waals surface area (Å²) in [6, 6.07) is 3.07. The second kappa shape index (κ2) is 7.61. The maximum absolute atomic E-state index is 12.5. The molecular weight excluding hydrogens is 338 g/mol. The number of hydrogen-bond donors (Lipinski definition) is 0. The zero-order valence-corrected chi connectivity index (χ0v) is 14.6. The first-order valence-corrected chi connectivity index (χ1v) is 8.38. The molecule has 0 saturated carbocycles. The fraction of sp³-hybridized carbons (Fsp3) is 0.333.